The summed E-state index contributed by atoms with van der Waals surface area (Å²) in [7, 11) is 1.48. The Balaban J connectivity index is 2.06. The topological polar surface area (TPSA) is 58.6 Å². The molecular weight excluding hydrogens is 290 g/mol. The lowest BCUT2D eigenvalue weighted by molar-refractivity contribution is -0.110. The number of phenols is 1. The fourth-order valence-electron chi connectivity index (χ4n) is 2.27. The van der Waals surface area contributed by atoms with Crippen LogP contribution in [0.5, 0.6) is 11.5 Å². The molecule has 3 rings (SSSR count). The second kappa shape index (κ2) is 5.14. The predicted octanol–water partition coefficient (Wildman–Crippen LogP) is 3.55. The number of rotatable bonds is 2. The molecule has 2 aromatic rings. The molecule has 0 atom stereocenters. The van der Waals surface area contributed by atoms with E-state index in [2.05, 4.69) is 5.32 Å². The number of ether oxygens (including phenoxy) is 1. The lowest BCUT2D eigenvalue weighted by Crippen LogP contribution is -2.03. The molecule has 5 heteroatoms. The molecule has 21 heavy (non-hydrogen) atoms. The Kier molecular flexibility index (Phi) is 3.31. The van der Waals surface area contributed by atoms with Gasteiger partial charge >= 0.3 is 0 Å². The monoisotopic (exact) mass is 301 g/mol. The second-order valence-electron chi connectivity index (χ2n) is 4.63. The van der Waals surface area contributed by atoms with Crippen LogP contribution in [-0.2, 0) is 4.79 Å². The molecule has 0 radical (unpaired) electrons. The molecule has 4 nitrogen and oxygen atoms in total. The number of aromatic hydroxyl groups is 1. The minimum atomic E-state index is -0.192. The summed E-state index contributed by atoms with van der Waals surface area (Å²) in [6.07, 6.45) is 1.71. The molecule has 106 valence electrons. The van der Waals surface area contributed by atoms with E-state index in [9.17, 15) is 9.90 Å². The maximum atomic E-state index is 12.0. The maximum Gasteiger partial charge on any atom is 0.256 e. The molecule has 2 N–H and O–H groups in total. The van der Waals surface area contributed by atoms with Crippen LogP contribution in [-0.4, -0.2) is 18.1 Å². The Hall–Kier alpha value is -2.46. The van der Waals surface area contributed by atoms with Gasteiger partial charge in [0.15, 0.2) is 11.5 Å². The van der Waals surface area contributed by atoms with Crippen molar-refractivity contribution in [2.24, 2.45) is 0 Å². The maximum absolute atomic E-state index is 12.0. The first-order chi connectivity index (χ1) is 10.1. The SMILES string of the molecule is COc1ccc(/C=C2\C(=O)Nc3ccc(Cl)cc32)cc1O. The zero-order chi connectivity index (χ0) is 15.0. The van der Waals surface area contributed by atoms with E-state index in [1.54, 1.807) is 42.5 Å². The zero-order valence-corrected chi connectivity index (χ0v) is 11.9. The Morgan fingerprint density at radius 2 is 2.05 bits per heavy atom. The summed E-state index contributed by atoms with van der Waals surface area (Å²) in [6, 6.07) is 10.2. The highest BCUT2D eigenvalue weighted by molar-refractivity contribution is 6.36. The first kappa shape index (κ1) is 13.5. The summed E-state index contributed by atoms with van der Waals surface area (Å²) in [4.78, 5) is 12.0. The van der Waals surface area contributed by atoms with Gasteiger partial charge in [-0.25, -0.2) is 0 Å². The fraction of sp³-hybridized carbons (Fsp3) is 0.0625. The van der Waals surface area contributed by atoms with Gasteiger partial charge in [0, 0.05) is 21.8 Å². The molecule has 1 aliphatic rings. The molecule has 0 spiro atoms. The second-order valence-corrected chi connectivity index (χ2v) is 5.07. The third kappa shape index (κ3) is 2.45. The number of nitrogens with one attached hydrogen (secondary N) is 1. The number of anilines is 1. The van der Waals surface area contributed by atoms with E-state index in [-0.39, 0.29) is 11.7 Å². The smallest absolute Gasteiger partial charge is 0.256 e. The summed E-state index contributed by atoms with van der Waals surface area (Å²) >= 11 is 5.98. The van der Waals surface area contributed by atoms with E-state index in [1.165, 1.54) is 7.11 Å². The van der Waals surface area contributed by atoms with Crippen molar-refractivity contribution < 1.29 is 14.6 Å². The number of benzene rings is 2. The first-order valence-corrected chi connectivity index (χ1v) is 6.66. The van der Waals surface area contributed by atoms with Gasteiger partial charge in [0.05, 0.1) is 7.11 Å². The molecule has 0 aromatic heterocycles. The lowest BCUT2D eigenvalue weighted by Gasteiger charge is -2.04. The Morgan fingerprint density at radius 1 is 1.24 bits per heavy atom. The molecule has 1 aliphatic heterocycles. The van der Waals surface area contributed by atoms with Crippen molar-refractivity contribution >= 4 is 34.8 Å². The summed E-state index contributed by atoms with van der Waals surface area (Å²) < 4.78 is 5.00. The van der Waals surface area contributed by atoms with Crippen molar-refractivity contribution in [1.82, 2.24) is 0 Å². The van der Waals surface area contributed by atoms with E-state index >= 15 is 0 Å². The lowest BCUT2D eigenvalue weighted by atomic mass is 10.0. The van der Waals surface area contributed by atoms with Crippen molar-refractivity contribution in [3.05, 3.63) is 52.5 Å². The van der Waals surface area contributed by atoms with Crippen LogP contribution < -0.4 is 10.1 Å². The molecule has 2 aromatic carbocycles. The van der Waals surface area contributed by atoms with Crippen molar-refractivity contribution in [3.63, 3.8) is 0 Å². The summed E-state index contributed by atoms with van der Waals surface area (Å²) in [6.45, 7) is 0. The third-order valence-electron chi connectivity index (χ3n) is 3.28. The molecule has 0 aliphatic carbocycles. The van der Waals surface area contributed by atoms with E-state index < -0.39 is 0 Å². The van der Waals surface area contributed by atoms with Gasteiger partial charge in [-0.05, 0) is 42.0 Å². The number of carbonyl (C=O) groups excluding carboxylic acids is 1. The van der Waals surface area contributed by atoms with Gasteiger partial charge in [0.25, 0.3) is 5.91 Å². The van der Waals surface area contributed by atoms with Crippen LogP contribution in [0.1, 0.15) is 11.1 Å². The number of fused-ring (bicyclic) bond motifs is 1. The molecule has 0 unspecified atom stereocenters. The zero-order valence-electron chi connectivity index (χ0n) is 11.2. The van der Waals surface area contributed by atoms with Gasteiger partial charge in [-0.15, -0.1) is 0 Å². The highest BCUT2D eigenvalue weighted by Crippen LogP contribution is 2.36. The van der Waals surface area contributed by atoms with Crippen molar-refractivity contribution in [2.45, 2.75) is 0 Å². The quantitative estimate of drug-likeness (QED) is 0.834. The molecule has 0 saturated heterocycles. The van der Waals surface area contributed by atoms with Crippen LogP contribution in [0.15, 0.2) is 36.4 Å². The predicted molar refractivity (Wildman–Crippen MR) is 82.6 cm³/mol. The van der Waals surface area contributed by atoms with Crippen LogP contribution in [0.3, 0.4) is 0 Å². The van der Waals surface area contributed by atoms with Gasteiger partial charge < -0.3 is 15.2 Å². The number of methoxy groups -OCH3 is 1. The molecule has 0 saturated carbocycles. The highest BCUT2D eigenvalue weighted by Gasteiger charge is 2.24. The normalized spacial score (nSPS) is 15.0. The van der Waals surface area contributed by atoms with Gasteiger partial charge in [0.1, 0.15) is 0 Å². The summed E-state index contributed by atoms with van der Waals surface area (Å²) in [5.74, 6) is 0.218. The van der Waals surface area contributed by atoms with Crippen molar-refractivity contribution in [2.75, 3.05) is 12.4 Å². The molecule has 0 fully saturated rings. The molecule has 1 amide bonds. The number of phenolic OH excluding ortho intramolecular Hbond substituents is 1. The summed E-state index contributed by atoms with van der Waals surface area (Å²) in [5.41, 5.74) is 2.69. The summed E-state index contributed by atoms with van der Waals surface area (Å²) in [5, 5.41) is 13.1. The van der Waals surface area contributed by atoms with Crippen molar-refractivity contribution in [1.29, 1.82) is 0 Å². The van der Waals surface area contributed by atoms with E-state index in [0.29, 0.717) is 21.9 Å². The van der Waals surface area contributed by atoms with Gasteiger partial charge in [-0.1, -0.05) is 17.7 Å². The third-order valence-corrected chi connectivity index (χ3v) is 3.51. The number of hydrogen-bond acceptors (Lipinski definition) is 3. The van der Waals surface area contributed by atoms with Crippen LogP contribution >= 0.6 is 11.6 Å². The van der Waals surface area contributed by atoms with Gasteiger partial charge in [-0.2, -0.15) is 0 Å². The number of carbonyl (C=O) groups is 1. The fourth-order valence-corrected chi connectivity index (χ4v) is 2.44. The van der Waals surface area contributed by atoms with Gasteiger partial charge in [0.2, 0.25) is 0 Å². The van der Waals surface area contributed by atoms with Crippen LogP contribution in [0.2, 0.25) is 5.02 Å². The standard InChI is InChI=1S/C16H12ClNO3/c1-21-15-5-2-9(7-14(15)19)6-12-11-8-10(17)3-4-13(11)18-16(12)20/h2-8,19H,1H3,(H,18,20)/b12-6-. The Bertz CT molecular complexity index is 768. The van der Waals surface area contributed by atoms with Crippen molar-refractivity contribution in [3.8, 4) is 11.5 Å². The van der Waals surface area contributed by atoms with Crippen LogP contribution in [0.4, 0.5) is 5.69 Å². The van der Waals surface area contributed by atoms with E-state index in [4.69, 9.17) is 16.3 Å². The number of halogens is 1. The Morgan fingerprint density at radius 3 is 2.76 bits per heavy atom. The van der Waals surface area contributed by atoms with E-state index in [0.717, 1.165) is 11.3 Å². The Labute approximate surface area is 126 Å². The van der Waals surface area contributed by atoms with E-state index in [1.807, 2.05) is 0 Å². The average Bonchev–Trinajstić information content (AvgIpc) is 2.75. The van der Waals surface area contributed by atoms with Crippen LogP contribution in [0, 0.1) is 0 Å². The first-order valence-electron chi connectivity index (χ1n) is 6.28. The number of hydrogen-bond donors (Lipinski definition) is 2. The number of amides is 1. The minimum Gasteiger partial charge on any atom is -0.504 e. The van der Waals surface area contributed by atoms with Gasteiger partial charge in [-0.3, -0.25) is 4.79 Å². The largest absolute Gasteiger partial charge is 0.504 e. The molecule has 1 heterocycles. The molecule has 0 bridgehead atoms. The average molecular weight is 302 g/mol. The highest BCUT2D eigenvalue weighted by atomic mass is 35.5. The van der Waals surface area contributed by atoms with Crippen LogP contribution in [0.25, 0.3) is 11.6 Å². The molecular formula is C16H12ClNO3. The minimum absolute atomic E-state index is 0.0246.